The predicted molar refractivity (Wildman–Crippen MR) is 77.5 cm³/mol. The van der Waals surface area contributed by atoms with E-state index in [1.807, 2.05) is 26.2 Å². The van der Waals surface area contributed by atoms with Gasteiger partial charge in [0.1, 0.15) is 0 Å². The largest absolute Gasteiger partial charge is 0.394 e. The highest BCUT2D eigenvalue weighted by atomic mass is 32.1. The lowest BCUT2D eigenvalue weighted by atomic mass is 10.1. The molecule has 1 aromatic heterocycles. The number of rotatable bonds is 4. The minimum atomic E-state index is -0.0630. The average Bonchev–Trinajstić information content (AvgIpc) is 2.66. The Hall–Kier alpha value is -0.650. The van der Waals surface area contributed by atoms with Crippen LogP contribution in [0.1, 0.15) is 26.3 Å². The van der Waals surface area contributed by atoms with Gasteiger partial charge in [-0.2, -0.15) is 11.3 Å². The first-order valence-corrected chi connectivity index (χ1v) is 6.96. The lowest BCUT2D eigenvalue weighted by Crippen LogP contribution is -2.50. The lowest BCUT2D eigenvalue weighted by molar-refractivity contribution is 0.254. The number of hydrogen-bond donors (Lipinski definition) is 3. The average molecular weight is 272 g/mol. The zero-order chi connectivity index (χ0) is 12.9. The van der Waals surface area contributed by atoms with Crippen molar-refractivity contribution < 1.29 is 5.11 Å². The molecule has 0 radical (unpaired) electrons. The van der Waals surface area contributed by atoms with Crippen LogP contribution in [0.25, 0.3) is 0 Å². The summed E-state index contributed by atoms with van der Waals surface area (Å²) in [6.07, 6.45) is 0.784. The molecule has 0 aliphatic carbocycles. The quantitative estimate of drug-likeness (QED) is 0.733. The normalized spacial score (nSPS) is 13.2. The van der Waals surface area contributed by atoms with Gasteiger partial charge in [0.2, 0.25) is 0 Å². The summed E-state index contributed by atoms with van der Waals surface area (Å²) in [6, 6.07) is 2.03. The number of thiophene rings is 1. The standard InChI is InChI=1S/C12H20N2OS2/c1-12(2,3)14-11(16)13-10(7-15)6-9-4-5-17-8-9/h4-5,8,10,15H,6-7H2,1-3H3,(H2,13,14,16)/t10-/m1/s1. The van der Waals surface area contributed by atoms with Gasteiger partial charge in [-0.05, 0) is 61.8 Å². The Morgan fingerprint density at radius 1 is 1.53 bits per heavy atom. The summed E-state index contributed by atoms with van der Waals surface area (Å²) in [5, 5.41) is 20.4. The third-order valence-corrected chi connectivity index (χ3v) is 3.06. The van der Waals surface area contributed by atoms with Crippen LogP contribution < -0.4 is 10.6 Å². The van der Waals surface area contributed by atoms with Gasteiger partial charge < -0.3 is 15.7 Å². The Balaban J connectivity index is 2.44. The second-order valence-corrected chi connectivity index (χ2v) is 6.25. The first-order chi connectivity index (χ1) is 7.90. The van der Waals surface area contributed by atoms with Crippen LogP contribution in [-0.4, -0.2) is 28.4 Å². The summed E-state index contributed by atoms with van der Waals surface area (Å²) < 4.78 is 0. The van der Waals surface area contributed by atoms with Crippen molar-refractivity contribution in [3.63, 3.8) is 0 Å². The SMILES string of the molecule is CC(C)(C)NC(=S)N[C@@H](CO)Cc1ccsc1. The molecule has 0 saturated carbocycles. The van der Waals surface area contributed by atoms with E-state index in [1.165, 1.54) is 5.56 Å². The summed E-state index contributed by atoms with van der Waals surface area (Å²) in [5.74, 6) is 0. The van der Waals surface area contributed by atoms with Crippen LogP contribution in [0.15, 0.2) is 16.8 Å². The third-order valence-electron chi connectivity index (χ3n) is 2.11. The van der Waals surface area contributed by atoms with E-state index in [9.17, 15) is 5.11 Å². The van der Waals surface area contributed by atoms with Gasteiger partial charge in [-0.3, -0.25) is 0 Å². The molecule has 17 heavy (non-hydrogen) atoms. The third kappa shape index (κ3) is 6.00. The molecule has 1 aromatic rings. The van der Waals surface area contributed by atoms with Crippen molar-refractivity contribution in [3.05, 3.63) is 22.4 Å². The van der Waals surface area contributed by atoms with Crippen molar-refractivity contribution in [2.24, 2.45) is 0 Å². The van der Waals surface area contributed by atoms with E-state index in [1.54, 1.807) is 11.3 Å². The molecule has 0 aromatic carbocycles. The summed E-state index contributed by atoms with van der Waals surface area (Å²) in [4.78, 5) is 0. The highest BCUT2D eigenvalue weighted by Crippen LogP contribution is 2.08. The Labute approximate surface area is 112 Å². The van der Waals surface area contributed by atoms with E-state index in [4.69, 9.17) is 12.2 Å². The number of aliphatic hydroxyl groups is 1. The second kappa shape index (κ2) is 6.33. The molecule has 5 heteroatoms. The van der Waals surface area contributed by atoms with Gasteiger partial charge in [0.25, 0.3) is 0 Å². The fraction of sp³-hybridized carbons (Fsp3) is 0.583. The number of thiocarbonyl (C=S) groups is 1. The molecule has 0 aliphatic rings. The van der Waals surface area contributed by atoms with Crippen LogP contribution in [0.2, 0.25) is 0 Å². The minimum Gasteiger partial charge on any atom is -0.394 e. The molecule has 1 rings (SSSR count). The van der Waals surface area contributed by atoms with Crippen LogP contribution in [0.4, 0.5) is 0 Å². The van der Waals surface area contributed by atoms with E-state index in [0.717, 1.165) is 6.42 Å². The maximum Gasteiger partial charge on any atom is 0.167 e. The maximum atomic E-state index is 9.33. The van der Waals surface area contributed by atoms with E-state index in [0.29, 0.717) is 5.11 Å². The van der Waals surface area contributed by atoms with Crippen molar-refractivity contribution in [2.45, 2.75) is 38.8 Å². The minimum absolute atomic E-state index is 0.0352. The molecule has 0 amide bonds. The molecule has 0 spiro atoms. The molecule has 3 nitrogen and oxygen atoms in total. The highest BCUT2D eigenvalue weighted by Gasteiger charge is 2.14. The topological polar surface area (TPSA) is 44.3 Å². The second-order valence-electron chi connectivity index (χ2n) is 5.06. The molecule has 1 atom stereocenters. The van der Waals surface area contributed by atoms with Crippen LogP contribution >= 0.6 is 23.6 Å². The van der Waals surface area contributed by atoms with Gasteiger partial charge in [-0.1, -0.05) is 0 Å². The van der Waals surface area contributed by atoms with Crippen LogP contribution in [-0.2, 0) is 6.42 Å². The fourth-order valence-corrected chi connectivity index (χ4v) is 2.57. The van der Waals surface area contributed by atoms with E-state index < -0.39 is 0 Å². The van der Waals surface area contributed by atoms with Crippen molar-refractivity contribution >= 4 is 28.7 Å². The van der Waals surface area contributed by atoms with Gasteiger partial charge >= 0.3 is 0 Å². The van der Waals surface area contributed by atoms with E-state index >= 15 is 0 Å². The molecule has 1 heterocycles. The van der Waals surface area contributed by atoms with Gasteiger partial charge in [0.15, 0.2) is 5.11 Å². The fourth-order valence-electron chi connectivity index (χ4n) is 1.42. The van der Waals surface area contributed by atoms with E-state index in [2.05, 4.69) is 22.1 Å². The Bertz CT molecular complexity index is 344. The molecule has 0 bridgehead atoms. The van der Waals surface area contributed by atoms with Gasteiger partial charge in [-0.25, -0.2) is 0 Å². The molecule has 96 valence electrons. The van der Waals surface area contributed by atoms with Gasteiger partial charge in [0.05, 0.1) is 12.6 Å². The Morgan fingerprint density at radius 2 is 2.24 bits per heavy atom. The number of nitrogens with one attached hydrogen (secondary N) is 2. The smallest absolute Gasteiger partial charge is 0.167 e. The highest BCUT2D eigenvalue weighted by molar-refractivity contribution is 7.80. The molecule has 0 fully saturated rings. The van der Waals surface area contributed by atoms with Crippen molar-refractivity contribution in [1.29, 1.82) is 0 Å². The summed E-state index contributed by atoms with van der Waals surface area (Å²) >= 11 is 6.87. The van der Waals surface area contributed by atoms with Crippen LogP contribution in [0.5, 0.6) is 0 Å². The zero-order valence-corrected chi connectivity index (χ0v) is 12.1. The molecule has 0 saturated heterocycles. The number of aliphatic hydroxyl groups excluding tert-OH is 1. The lowest BCUT2D eigenvalue weighted by Gasteiger charge is -2.25. The first kappa shape index (κ1) is 14.4. The predicted octanol–water partition coefficient (Wildman–Crippen LogP) is 1.91. The molecule has 3 N–H and O–H groups in total. The summed E-state index contributed by atoms with van der Waals surface area (Å²) in [5.41, 5.74) is 1.16. The Morgan fingerprint density at radius 3 is 2.71 bits per heavy atom. The van der Waals surface area contributed by atoms with Gasteiger partial charge in [-0.15, -0.1) is 0 Å². The monoisotopic (exact) mass is 272 g/mol. The molecule has 0 aliphatic heterocycles. The Kier molecular flexibility index (Phi) is 5.36. The van der Waals surface area contributed by atoms with Crippen LogP contribution in [0, 0.1) is 0 Å². The van der Waals surface area contributed by atoms with Crippen LogP contribution in [0.3, 0.4) is 0 Å². The number of hydrogen-bond acceptors (Lipinski definition) is 3. The first-order valence-electron chi connectivity index (χ1n) is 5.61. The zero-order valence-electron chi connectivity index (χ0n) is 10.5. The summed E-state index contributed by atoms with van der Waals surface area (Å²) in [6.45, 7) is 6.22. The molecular formula is C12H20N2OS2. The summed E-state index contributed by atoms with van der Waals surface area (Å²) in [7, 11) is 0. The van der Waals surface area contributed by atoms with Crippen molar-refractivity contribution in [3.8, 4) is 0 Å². The molecular weight excluding hydrogens is 252 g/mol. The van der Waals surface area contributed by atoms with E-state index in [-0.39, 0.29) is 18.2 Å². The van der Waals surface area contributed by atoms with Crippen molar-refractivity contribution in [1.82, 2.24) is 10.6 Å². The van der Waals surface area contributed by atoms with Gasteiger partial charge in [0, 0.05) is 5.54 Å². The molecule has 0 unspecified atom stereocenters. The van der Waals surface area contributed by atoms with Crippen molar-refractivity contribution in [2.75, 3.05) is 6.61 Å². The maximum absolute atomic E-state index is 9.33.